The second-order valence-electron chi connectivity index (χ2n) is 15.2. The number of hydrogen-bond acceptors (Lipinski definition) is 8. The van der Waals surface area contributed by atoms with Crippen molar-refractivity contribution in [1.29, 1.82) is 0 Å². The van der Waals surface area contributed by atoms with Gasteiger partial charge in [-0.15, -0.1) is 22.7 Å². The first-order valence-electron chi connectivity index (χ1n) is 20.0. The highest BCUT2D eigenvalue weighted by molar-refractivity contribution is 7.23. The highest BCUT2D eigenvalue weighted by Gasteiger charge is 2.54. The summed E-state index contributed by atoms with van der Waals surface area (Å²) in [5.74, 6) is -7.80. The van der Waals surface area contributed by atoms with Gasteiger partial charge in [-0.2, -0.15) is 0 Å². The molecule has 0 spiro atoms. The predicted molar refractivity (Wildman–Crippen MR) is 238 cm³/mol. The van der Waals surface area contributed by atoms with Crippen LogP contribution in [0, 0.1) is 18.7 Å². The first kappa shape index (κ1) is 41.6. The van der Waals surface area contributed by atoms with E-state index in [0.717, 1.165) is 50.2 Å². The van der Waals surface area contributed by atoms with Crippen LogP contribution in [0.1, 0.15) is 47.7 Å². The standard InChI is InChI=1S/C50H42F3NO5S2/c1-4-6-31-7-8-37-25-36(14-13-35(37)24-31)32-9-11-33(12-10-32)38-17-20-43(41(51)26-38)58-49(56)40-28-50(52,53)46(59-48(55)34-15-18-39(19-16-34)57-5-2)27-42(40)54-47-22-21-44(61-47)45-23-30(3)29-60-45/h5,7-26,29,40,42,46,54H,2,4,6,27-28H2,1,3H3. The van der Waals surface area contributed by atoms with Crippen LogP contribution < -0.4 is 14.8 Å². The van der Waals surface area contributed by atoms with Crippen LogP contribution in [0.2, 0.25) is 0 Å². The summed E-state index contributed by atoms with van der Waals surface area (Å²) in [6.07, 6.45) is 0.0688. The fraction of sp³-hybridized carbons (Fsp3) is 0.200. The van der Waals surface area contributed by atoms with E-state index in [1.54, 1.807) is 17.4 Å². The summed E-state index contributed by atoms with van der Waals surface area (Å²) in [6.45, 7) is 7.66. The first-order chi connectivity index (χ1) is 29.5. The lowest BCUT2D eigenvalue weighted by molar-refractivity contribution is -0.167. The molecule has 61 heavy (non-hydrogen) atoms. The number of benzene rings is 5. The highest BCUT2D eigenvalue weighted by Crippen LogP contribution is 2.43. The van der Waals surface area contributed by atoms with Crippen LogP contribution in [0.4, 0.5) is 18.2 Å². The molecule has 2 aromatic heterocycles. The largest absolute Gasteiger partial charge is 0.466 e. The zero-order valence-corrected chi connectivity index (χ0v) is 35.1. The molecule has 0 saturated heterocycles. The fourth-order valence-electron chi connectivity index (χ4n) is 7.65. The summed E-state index contributed by atoms with van der Waals surface area (Å²) >= 11 is 2.99. The number of nitrogens with one attached hydrogen (secondary N) is 1. The summed E-state index contributed by atoms with van der Waals surface area (Å²) in [5, 5.41) is 8.25. The van der Waals surface area contributed by atoms with E-state index in [1.165, 1.54) is 64.9 Å². The van der Waals surface area contributed by atoms with Crippen LogP contribution in [0.3, 0.4) is 0 Å². The maximum atomic E-state index is 16.0. The van der Waals surface area contributed by atoms with Gasteiger partial charge in [-0.1, -0.05) is 80.6 Å². The van der Waals surface area contributed by atoms with Crippen molar-refractivity contribution >= 4 is 50.4 Å². The summed E-state index contributed by atoms with van der Waals surface area (Å²) in [7, 11) is 0. The van der Waals surface area contributed by atoms with E-state index in [9.17, 15) is 9.59 Å². The van der Waals surface area contributed by atoms with E-state index >= 15 is 13.2 Å². The number of esters is 2. The molecule has 11 heteroatoms. The normalized spacial score (nSPS) is 17.1. The molecule has 0 aliphatic heterocycles. The zero-order valence-electron chi connectivity index (χ0n) is 33.5. The predicted octanol–water partition coefficient (Wildman–Crippen LogP) is 13.5. The molecule has 1 aliphatic rings. The minimum Gasteiger partial charge on any atom is -0.466 e. The minimum absolute atomic E-state index is 0.0490. The topological polar surface area (TPSA) is 73.9 Å². The van der Waals surface area contributed by atoms with Crippen molar-refractivity contribution in [2.75, 3.05) is 5.32 Å². The molecule has 2 heterocycles. The molecule has 6 nitrogen and oxygen atoms in total. The molecule has 5 aromatic carbocycles. The number of ether oxygens (including phenoxy) is 3. The molecule has 3 unspecified atom stereocenters. The molecule has 1 saturated carbocycles. The lowest BCUT2D eigenvalue weighted by Gasteiger charge is -2.39. The second kappa shape index (κ2) is 17.8. The Labute approximate surface area is 360 Å². The number of rotatable bonds is 13. The van der Waals surface area contributed by atoms with Crippen molar-refractivity contribution in [3.8, 4) is 43.5 Å². The third-order valence-corrected chi connectivity index (χ3v) is 13.1. The van der Waals surface area contributed by atoms with Gasteiger partial charge in [0.15, 0.2) is 17.7 Å². The molecule has 310 valence electrons. The molecule has 1 aliphatic carbocycles. The summed E-state index contributed by atoms with van der Waals surface area (Å²) < 4.78 is 63.8. The molecule has 0 amide bonds. The number of carbonyl (C=O) groups excluding carboxylic acids is 2. The third-order valence-electron chi connectivity index (χ3n) is 10.8. The highest BCUT2D eigenvalue weighted by atomic mass is 32.1. The summed E-state index contributed by atoms with van der Waals surface area (Å²) in [5.41, 5.74) is 5.84. The van der Waals surface area contributed by atoms with E-state index in [0.29, 0.717) is 16.3 Å². The second-order valence-corrected chi connectivity index (χ2v) is 17.2. The number of anilines is 1. The molecule has 0 bridgehead atoms. The molecule has 3 atom stereocenters. The van der Waals surface area contributed by atoms with Crippen LogP contribution in [-0.2, 0) is 16.0 Å². The van der Waals surface area contributed by atoms with Gasteiger partial charge in [0.1, 0.15) is 5.75 Å². The lowest BCUT2D eigenvalue weighted by Crippen LogP contribution is -2.53. The van der Waals surface area contributed by atoms with Gasteiger partial charge < -0.3 is 19.5 Å². The monoisotopic (exact) mass is 857 g/mol. The number of carbonyl (C=O) groups is 2. The van der Waals surface area contributed by atoms with Gasteiger partial charge in [0, 0.05) is 28.6 Å². The van der Waals surface area contributed by atoms with E-state index in [4.69, 9.17) is 14.2 Å². The SMILES string of the molecule is C=COc1ccc(C(=O)OC2CC(Nc3ccc(-c4cc(C)cs4)s3)C(C(=O)Oc3ccc(-c4ccc(-c5ccc6cc(CCC)ccc6c5)cc4)cc3F)CC2(F)F)cc1. The number of hydrogen-bond donors (Lipinski definition) is 1. The Morgan fingerprint density at radius 1 is 0.836 bits per heavy atom. The van der Waals surface area contributed by atoms with E-state index in [-0.39, 0.29) is 11.3 Å². The average Bonchev–Trinajstić information content (AvgIpc) is 3.92. The zero-order chi connectivity index (χ0) is 42.7. The Morgan fingerprint density at radius 3 is 2.21 bits per heavy atom. The minimum atomic E-state index is -3.61. The molecular weight excluding hydrogens is 816 g/mol. The Bertz CT molecular complexity index is 2710. The first-order valence-corrected chi connectivity index (χ1v) is 21.7. The maximum Gasteiger partial charge on any atom is 0.338 e. The smallest absolute Gasteiger partial charge is 0.338 e. The molecule has 7 aromatic rings. The van der Waals surface area contributed by atoms with Gasteiger partial charge in [-0.3, -0.25) is 4.79 Å². The maximum absolute atomic E-state index is 16.0. The van der Waals surface area contributed by atoms with E-state index < -0.39 is 54.6 Å². The Hall–Kier alpha value is -6.17. The number of alkyl halides is 2. The van der Waals surface area contributed by atoms with Gasteiger partial charge in [0.2, 0.25) is 0 Å². The van der Waals surface area contributed by atoms with Gasteiger partial charge in [-0.05, 0) is 124 Å². The number of thiophene rings is 2. The quantitative estimate of drug-likeness (QED) is 0.0707. The molecule has 1 fully saturated rings. The van der Waals surface area contributed by atoms with E-state index in [1.807, 2.05) is 48.7 Å². The number of aryl methyl sites for hydroxylation is 2. The van der Waals surface area contributed by atoms with Crippen LogP contribution in [0.5, 0.6) is 11.5 Å². The van der Waals surface area contributed by atoms with Crippen molar-refractivity contribution in [2.45, 2.75) is 57.6 Å². The molecule has 8 rings (SSSR count). The Morgan fingerprint density at radius 2 is 1.52 bits per heavy atom. The van der Waals surface area contributed by atoms with Crippen LogP contribution in [0.25, 0.3) is 42.8 Å². The lowest BCUT2D eigenvalue weighted by atomic mass is 9.80. The average molecular weight is 858 g/mol. The van der Waals surface area contributed by atoms with E-state index in [2.05, 4.69) is 61.3 Å². The van der Waals surface area contributed by atoms with Crippen molar-refractivity contribution < 1.29 is 37.0 Å². The molecule has 0 radical (unpaired) electrons. The van der Waals surface area contributed by atoms with Crippen LogP contribution in [0.15, 0.2) is 140 Å². The summed E-state index contributed by atoms with van der Waals surface area (Å²) in [4.78, 5) is 28.9. The van der Waals surface area contributed by atoms with Crippen LogP contribution in [-0.4, -0.2) is 30.0 Å². The number of halogens is 3. The van der Waals surface area contributed by atoms with Crippen molar-refractivity contribution in [3.63, 3.8) is 0 Å². The fourth-order valence-corrected chi connectivity index (χ4v) is 9.62. The Kier molecular flexibility index (Phi) is 12.1. The summed E-state index contributed by atoms with van der Waals surface area (Å²) in [6, 6.07) is 35.5. The van der Waals surface area contributed by atoms with Crippen molar-refractivity contribution in [1.82, 2.24) is 0 Å². The molecule has 1 N–H and O–H groups in total. The number of fused-ring (bicyclic) bond motifs is 1. The van der Waals surface area contributed by atoms with Crippen molar-refractivity contribution in [2.24, 2.45) is 5.92 Å². The Balaban J connectivity index is 0.989. The van der Waals surface area contributed by atoms with Crippen molar-refractivity contribution in [3.05, 3.63) is 162 Å². The van der Waals surface area contributed by atoms with Crippen LogP contribution >= 0.6 is 22.7 Å². The van der Waals surface area contributed by atoms with Gasteiger partial charge in [0.25, 0.3) is 5.92 Å². The van der Waals surface area contributed by atoms with Gasteiger partial charge in [-0.25, -0.2) is 18.0 Å². The molecular formula is C50H42F3NO5S2. The third kappa shape index (κ3) is 9.43. The van der Waals surface area contributed by atoms with Gasteiger partial charge >= 0.3 is 11.9 Å². The van der Waals surface area contributed by atoms with Gasteiger partial charge in [0.05, 0.1) is 22.7 Å².